The van der Waals surface area contributed by atoms with Crippen molar-refractivity contribution in [3.05, 3.63) is 29.6 Å². The lowest BCUT2D eigenvalue weighted by atomic mass is 10.2. The molecule has 0 amide bonds. The standard InChI is InChI=1S/C10H9BrF4O/c1-6-2-3-7(12)8(4-6)16-5-9(11)10(13,14)15/h2-4,9H,5H2,1H3. The van der Waals surface area contributed by atoms with Gasteiger partial charge in [0.2, 0.25) is 0 Å². The van der Waals surface area contributed by atoms with Crippen LogP contribution in [0.25, 0.3) is 0 Å². The van der Waals surface area contributed by atoms with Crippen molar-refractivity contribution in [3.8, 4) is 5.75 Å². The van der Waals surface area contributed by atoms with Crippen LogP contribution in [-0.4, -0.2) is 17.6 Å². The van der Waals surface area contributed by atoms with Gasteiger partial charge in [0.25, 0.3) is 0 Å². The van der Waals surface area contributed by atoms with Crippen LogP contribution in [0.3, 0.4) is 0 Å². The summed E-state index contributed by atoms with van der Waals surface area (Å²) >= 11 is 2.43. The monoisotopic (exact) mass is 300 g/mol. The van der Waals surface area contributed by atoms with E-state index in [9.17, 15) is 17.6 Å². The summed E-state index contributed by atoms with van der Waals surface area (Å²) in [4.78, 5) is -1.81. The molecule has 6 heteroatoms. The van der Waals surface area contributed by atoms with Gasteiger partial charge in [-0.2, -0.15) is 13.2 Å². The summed E-state index contributed by atoms with van der Waals surface area (Å²) in [5.41, 5.74) is 0.717. The minimum absolute atomic E-state index is 0.172. The third-order valence-corrected chi connectivity index (χ3v) is 2.61. The van der Waals surface area contributed by atoms with Gasteiger partial charge < -0.3 is 4.74 Å². The summed E-state index contributed by atoms with van der Waals surface area (Å²) in [6.07, 6.45) is -4.40. The van der Waals surface area contributed by atoms with Gasteiger partial charge in [-0.1, -0.05) is 22.0 Å². The van der Waals surface area contributed by atoms with E-state index in [1.165, 1.54) is 12.1 Å². The third-order valence-electron chi connectivity index (χ3n) is 1.83. The van der Waals surface area contributed by atoms with Gasteiger partial charge in [0.15, 0.2) is 11.6 Å². The molecule has 0 heterocycles. The predicted molar refractivity (Wildman–Crippen MR) is 55.4 cm³/mol. The quantitative estimate of drug-likeness (QED) is 0.609. The number of aryl methyl sites for hydroxylation is 1. The fourth-order valence-corrected chi connectivity index (χ4v) is 1.11. The van der Waals surface area contributed by atoms with E-state index in [1.807, 2.05) is 0 Å². The fourth-order valence-electron chi connectivity index (χ4n) is 0.979. The molecule has 1 unspecified atom stereocenters. The van der Waals surface area contributed by atoms with Crippen molar-refractivity contribution in [1.82, 2.24) is 0 Å². The predicted octanol–water partition coefficient (Wildman–Crippen LogP) is 3.84. The normalized spacial score (nSPS) is 13.6. The number of alkyl halides is 4. The van der Waals surface area contributed by atoms with Gasteiger partial charge >= 0.3 is 6.18 Å². The Balaban J connectivity index is 2.64. The zero-order valence-corrected chi connectivity index (χ0v) is 9.90. The van der Waals surface area contributed by atoms with Crippen LogP contribution in [0.2, 0.25) is 0 Å². The highest BCUT2D eigenvalue weighted by Gasteiger charge is 2.38. The first-order valence-electron chi connectivity index (χ1n) is 4.40. The summed E-state index contributed by atoms with van der Waals surface area (Å²) in [5.74, 6) is -0.846. The highest BCUT2D eigenvalue weighted by molar-refractivity contribution is 9.09. The molecular weight excluding hydrogens is 292 g/mol. The maximum Gasteiger partial charge on any atom is 0.404 e. The van der Waals surface area contributed by atoms with E-state index in [0.29, 0.717) is 0 Å². The molecule has 0 radical (unpaired) electrons. The zero-order chi connectivity index (χ0) is 12.3. The average Bonchev–Trinajstić information content (AvgIpc) is 2.17. The molecule has 0 fully saturated rings. The Morgan fingerprint density at radius 2 is 2.00 bits per heavy atom. The Morgan fingerprint density at radius 1 is 1.38 bits per heavy atom. The molecule has 0 aliphatic heterocycles. The molecule has 1 atom stereocenters. The molecule has 0 aromatic heterocycles. The molecule has 1 aromatic carbocycles. The lowest BCUT2D eigenvalue weighted by Crippen LogP contribution is -2.29. The van der Waals surface area contributed by atoms with E-state index in [4.69, 9.17) is 4.74 Å². The molecule has 1 rings (SSSR count). The molecule has 0 aliphatic carbocycles. The summed E-state index contributed by atoms with van der Waals surface area (Å²) in [7, 11) is 0. The van der Waals surface area contributed by atoms with Gasteiger partial charge in [-0.25, -0.2) is 4.39 Å². The number of rotatable bonds is 3. The lowest BCUT2D eigenvalue weighted by Gasteiger charge is -2.15. The van der Waals surface area contributed by atoms with Crippen LogP contribution in [0.1, 0.15) is 5.56 Å². The van der Waals surface area contributed by atoms with Crippen molar-refractivity contribution < 1.29 is 22.3 Å². The second-order valence-corrected chi connectivity index (χ2v) is 4.36. The third kappa shape index (κ3) is 3.66. The molecule has 90 valence electrons. The maximum absolute atomic E-state index is 13.1. The van der Waals surface area contributed by atoms with Gasteiger partial charge in [0.05, 0.1) is 0 Å². The van der Waals surface area contributed by atoms with Gasteiger partial charge in [-0.15, -0.1) is 0 Å². The van der Waals surface area contributed by atoms with Crippen molar-refractivity contribution >= 4 is 15.9 Å². The summed E-state index contributed by atoms with van der Waals surface area (Å²) in [6.45, 7) is 1.03. The fraction of sp³-hybridized carbons (Fsp3) is 0.400. The van der Waals surface area contributed by atoms with Crippen LogP contribution < -0.4 is 4.74 Å². The van der Waals surface area contributed by atoms with E-state index in [0.717, 1.165) is 11.6 Å². The Hall–Kier alpha value is -0.780. The molecule has 16 heavy (non-hydrogen) atoms. The molecule has 0 aliphatic rings. The molecule has 1 nitrogen and oxygen atoms in total. The summed E-state index contributed by atoms with van der Waals surface area (Å²) in [6, 6.07) is 4.02. The SMILES string of the molecule is Cc1ccc(F)c(OCC(Br)C(F)(F)F)c1. The smallest absolute Gasteiger partial charge is 0.404 e. The Kier molecular flexibility index (Phi) is 4.18. The van der Waals surface area contributed by atoms with Crippen molar-refractivity contribution in [1.29, 1.82) is 0 Å². The van der Waals surface area contributed by atoms with Crippen LogP contribution in [0, 0.1) is 12.7 Å². The molecule has 0 saturated heterocycles. The number of hydrogen-bond acceptors (Lipinski definition) is 1. The van der Waals surface area contributed by atoms with Crippen LogP contribution in [0.5, 0.6) is 5.75 Å². The Bertz CT molecular complexity index is 364. The molecule has 0 saturated carbocycles. The minimum Gasteiger partial charge on any atom is -0.489 e. The van der Waals surface area contributed by atoms with E-state index in [-0.39, 0.29) is 5.75 Å². The van der Waals surface area contributed by atoms with Crippen LogP contribution in [0.15, 0.2) is 18.2 Å². The van der Waals surface area contributed by atoms with Crippen LogP contribution in [-0.2, 0) is 0 Å². The van der Waals surface area contributed by atoms with Gasteiger partial charge in [0, 0.05) is 0 Å². The first-order valence-corrected chi connectivity index (χ1v) is 5.32. The van der Waals surface area contributed by atoms with Gasteiger partial charge in [-0.05, 0) is 24.6 Å². The highest BCUT2D eigenvalue weighted by Crippen LogP contribution is 2.27. The van der Waals surface area contributed by atoms with E-state index < -0.39 is 23.4 Å². The zero-order valence-electron chi connectivity index (χ0n) is 8.31. The maximum atomic E-state index is 13.1. The molecule has 1 aromatic rings. The largest absolute Gasteiger partial charge is 0.489 e. The summed E-state index contributed by atoms with van der Waals surface area (Å²) in [5, 5.41) is 0. The van der Waals surface area contributed by atoms with Crippen molar-refractivity contribution in [3.63, 3.8) is 0 Å². The van der Waals surface area contributed by atoms with E-state index >= 15 is 0 Å². The Labute approximate surface area is 98.5 Å². The molecule has 0 spiro atoms. The minimum atomic E-state index is -4.40. The second kappa shape index (κ2) is 5.03. The van der Waals surface area contributed by atoms with Gasteiger partial charge in [-0.3, -0.25) is 0 Å². The van der Waals surface area contributed by atoms with Gasteiger partial charge in [0.1, 0.15) is 11.4 Å². The first-order chi connectivity index (χ1) is 7.30. The van der Waals surface area contributed by atoms with Crippen molar-refractivity contribution in [2.45, 2.75) is 17.9 Å². The molecular formula is C10H9BrF4O. The number of benzene rings is 1. The molecule has 0 bridgehead atoms. The topological polar surface area (TPSA) is 9.23 Å². The van der Waals surface area contributed by atoms with Crippen molar-refractivity contribution in [2.24, 2.45) is 0 Å². The summed E-state index contributed by atoms with van der Waals surface area (Å²) < 4.78 is 54.2. The number of halogens is 5. The van der Waals surface area contributed by atoms with E-state index in [1.54, 1.807) is 6.92 Å². The molecule has 0 N–H and O–H groups in total. The average molecular weight is 301 g/mol. The number of ether oxygens (including phenoxy) is 1. The number of hydrogen-bond donors (Lipinski definition) is 0. The van der Waals surface area contributed by atoms with E-state index in [2.05, 4.69) is 15.9 Å². The van der Waals surface area contributed by atoms with Crippen LogP contribution >= 0.6 is 15.9 Å². The van der Waals surface area contributed by atoms with Crippen molar-refractivity contribution in [2.75, 3.05) is 6.61 Å². The second-order valence-electron chi connectivity index (χ2n) is 3.25. The lowest BCUT2D eigenvalue weighted by molar-refractivity contribution is -0.132. The Morgan fingerprint density at radius 3 is 2.56 bits per heavy atom. The highest BCUT2D eigenvalue weighted by atomic mass is 79.9. The van der Waals surface area contributed by atoms with Crippen LogP contribution in [0.4, 0.5) is 17.6 Å². The first kappa shape index (κ1) is 13.3.